The third kappa shape index (κ3) is 3.81. The van der Waals surface area contributed by atoms with Crippen LogP contribution in [0, 0.1) is 5.82 Å². The van der Waals surface area contributed by atoms with Gasteiger partial charge >= 0.3 is 0 Å². The van der Waals surface area contributed by atoms with Crippen LogP contribution in [0.2, 0.25) is 0 Å². The normalized spacial score (nSPS) is 18.5. The molecule has 1 aromatic heterocycles. The van der Waals surface area contributed by atoms with Gasteiger partial charge in [-0.25, -0.2) is 4.39 Å². The lowest BCUT2D eigenvalue weighted by Crippen LogP contribution is -2.45. The van der Waals surface area contributed by atoms with Crippen LogP contribution in [0.15, 0.2) is 41.0 Å². The van der Waals surface area contributed by atoms with E-state index in [1.54, 1.807) is 6.20 Å². The topological polar surface area (TPSA) is 41.0 Å². The minimum Gasteiger partial charge on any atom is -0.354 e. The molecule has 1 aromatic carbocycles. The predicted octanol–water partition coefficient (Wildman–Crippen LogP) is 3.14. The summed E-state index contributed by atoms with van der Waals surface area (Å²) in [6, 6.07) is 9.39. The molecule has 2 aromatic rings. The molecule has 22 heavy (non-hydrogen) atoms. The smallest absolute Gasteiger partial charge is 0.151 e. The molecule has 0 aliphatic carbocycles. The van der Waals surface area contributed by atoms with Crippen molar-refractivity contribution in [2.45, 2.75) is 25.4 Å². The van der Waals surface area contributed by atoms with E-state index in [1.807, 2.05) is 24.3 Å². The van der Waals surface area contributed by atoms with E-state index in [-0.39, 0.29) is 5.82 Å². The highest BCUT2D eigenvalue weighted by Crippen LogP contribution is 2.18. The Morgan fingerprint density at radius 3 is 3.05 bits per heavy atom. The number of hydrogen-bond acceptors (Lipinski definition) is 4. The summed E-state index contributed by atoms with van der Waals surface area (Å²) in [5.74, 6) is 0.729. The maximum atomic E-state index is 13.8. The molecular weight excluding hydrogens is 347 g/mol. The summed E-state index contributed by atoms with van der Waals surface area (Å²) >= 11 is 3.28. The molecule has 1 saturated heterocycles. The van der Waals surface area contributed by atoms with E-state index in [4.69, 9.17) is 0 Å². The molecule has 4 nitrogen and oxygen atoms in total. The number of piperidine rings is 1. The van der Waals surface area contributed by atoms with Crippen LogP contribution < -0.4 is 10.2 Å². The average Bonchev–Trinajstić information content (AvgIpc) is 2.55. The lowest BCUT2D eigenvalue weighted by Gasteiger charge is -2.33. The van der Waals surface area contributed by atoms with Crippen molar-refractivity contribution in [2.75, 3.05) is 18.0 Å². The van der Waals surface area contributed by atoms with Crippen molar-refractivity contribution in [2.24, 2.45) is 0 Å². The van der Waals surface area contributed by atoms with Crippen molar-refractivity contribution in [1.82, 2.24) is 15.5 Å². The molecule has 1 atom stereocenters. The maximum absolute atomic E-state index is 13.8. The molecular formula is C16H18BrFN4. The highest BCUT2D eigenvalue weighted by atomic mass is 79.9. The van der Waals surface area contributed by atoms with Gasteiger partial charge in [-0.05, 0) is 37.1 Å². The number of nitrogens with zero attached hydrogens (tertiary/aromatic N) is 3. The molecule has 0 amide bonds. The second-order valence-corrected chi connectivity index (χ2v) is 6.40. The van der Waals surface area contributed by atoms with E-state index in [0.717, 1.165) is 36.2 Å². The van der Waals surface area contributed by atoms with Gasteiger partial charge in [0.1, 0.15) is 5.82 Å². The van der Waals surface area contributed by atoms with Crippen molar-refractivity contribution in [1.29, 1.82) is 0 Å². The third-order valence-electron chi connectivity index (χ3n) is 3.90. The summed E-state index contributed by atoms with van der Waals surface area (Å²) in [6.07, 6.45) is 3.87. The summed E-state index contributed by atoms with van der Waals surface area (Å²) in [6.45, 7) is 2.40. The van der Waals surface area contributed by atoms with Gasteiger partial charge in [-0.1, -0.05) is 22.0 Å². The van der Waals surface area contributed by atoms with Crippen LogP contribution in [0.1, 0.15) is 18.4 Å². The Labute approximate surface area is 137 Å². The summed E-state index contributed by atoms with van der Waals surface area (Å²) in [5, 5.41) is 11.5. The fourth-order valence-corrected chi connectivity index (χ4v) is 3.07. The van der Waals surface area contributed by atoms with Crippen LogP contribution >= 0.6 is 15.9 Å². The van der Waals surface area contributed by atoms with Gasteiger partial charge in [0.25, 0.3) is 0 Å². The molecule has 1 aliphatic rings. The lowest BCUT2D eigenvalue weighted by molar-refractivity contribution is 0.415. The summed E-state index contributed by atoms with van der Waals surface area (Å²) in [5.41, 5.74) is 0.694. The zero-order valence-corrected chi connectivity index (χ0v) is 13.8. The van der Waals surface area contributed by atoms with Gasteiger partial charge in [-0.2, -0.15) is 5.10 Å². The van der Waals surface area contributed by atoms with Gasteiger partial charge in [0.2, 0.25) is 0 Å². The molecule has 1 fully saturated rings. The van der Waals surface area contributed by atoms with Crippen LogP contribution in [0.25, 0.3) is 0 Å². The zero-order chi connectivity index (χ0) is 15.4. The van der Waals surface area contributed by atoms with E-state index >= 15 is 0 Å². The minimum atomic E-state index is -0.177. The first-order valence-electron chi connectivity index (χ1n) is 7.42. The fraction of sp³-hybridized carbons (Fsp3) is 0.375. The Bertz CT molecular complexity index is 623. The second kappa shape index (κ2) is 7.15. The van der Waals surface area contributed by atoms with Crippen LogP contribution in [0.4, 0.5) is 10.2 Å². The van der Waals surface area contributed by atoms with E-state index in [2.05, 4.69) is 36.3 Å². The Balaban J connectivity index is 1.59. The van der Waals surface area contributed by atoms with Crippen molar-refractivity contribution >= 4 is 21.7 Å². The van der Waals surface area contributed by atoms with Gasteiger partial charge in [-0.3, -0.25) is 0 Å². The number of benzene rings is 1. The SMILES string of the molecule is Fc1cc(Br)ccc1CNC1CCCN(c2cccnn2)C1. The molecule has 0 radical (unpaired) electrons. The summed E-state index contributed by atoms with van der Waals surface area (Å²) in [4.78, 5) is 2.23. The second-order valence-electron chi connectivity index (χ2n) is 5.48. The summed E-state index contributed by atoms with van der Waals surface area (Å²) < 4.78 is 14.6. The molecule has 1 aliphatic heterocycles. The third-order valence-corrected chi connectivity index (χ3v) is 4.39. The predicted molar refractivity (Wildman–Crippen MR) is 88.2 cm³/mol. The number of rotatable bonds is 4. The fourth-order valence-electron chi connectivity index (χ4n) is 2.73. The zero-order valence-electron chi connectivity index (χ0n) is 12.2. The van der Waals surface area contributed by atoms with Crippen molar-refractivity contribution in [3.05, 3.63) is 52.4 Å². The van der Waals surface area contributed by atoms with Crippen molar-refractivity contribution < 1.29 is 4.39 Å². The first kappa shape index (κ1) is 15.4. The highest BCUT2D eigenvalue weighted by molar-refractivity contribution is 9.10. The molecule has 1 N–H and O–H groups in total. The molecule has 2 heterocycles. The average molecular weight is 365 g/mol. The molecule has 3 rings (SSSR count). The first-order valence-corrected chi connectivity index (χ1v) is 8.21. The van der Waals surface area contributed by atoms with Gasteiger partial charge in [0.05, 0.1) is 0 Å². The van der Waals surface area contributed by atoms with Crippen LogP contribution in [-0.2, 0) is 6.54 Å². The lowest BCUT2D eigenvalue weighted by atomic mass is 10.1. The van der Waals surface area contributed by atoms with Crippen LogP contribution in [-0.4, -0.2) is 29.3 Å². The number of halogens is 2. The maximum Gasteiger partial charge on any atom is 0.151 e. The van der Waals surface area contributed by atoms with Gasteiger partial charge < -0.3 is 10.2 Å². The standard InChI is InChI=1S/C16H18BrFN4/c17-13-6-5-12(15(18)9-13)10-19-14-3-2-8-22(11-14)16-4-1-7-20-21-16/h1,4-7,9,14,19H,2-3,8,10-11H2. The Morgan fingerprint density at radius 2 is 2.27 bits per heavy atom. The monoisotopic (exact) mass is 364 g/mol. The number of hydrogen-bond donors (Lipinski definition) is 1. The van der Waals surface area contributed by atoms with E-state index < -0.39 is 0 Å². The van der Waals surface area contributed by atoms with E-state index in [1.165, 1.54) is 6.07 Å². The van der Waals surface area contributed by atoms with E-state index in [0.29, 0.717) is 18.2 Å². The van der Waals surface area contributed by atoms with Gasteiger partial charge in [0, 0.05) is 41.9 Å². The number of aromatic nitrogens is 2. The van der Waals surface area contributed by atoms with E-state index in [9.17, 15) is 4.39 Å². The number of anilines is 1. The Hall–Kier alpha value is -1.53. The molecule has 0 spiro atoms. The van der Waals surface area contributed by atoms with Crippen LogP contribution in [0.5, 0.6) is 0 Å². The van der Waals surface area contributed by atoms with Gasteiger partial charge in [0.15, 0.2) is 5.82 Å². The largest absolute Gasteiger partial charge is 0.354 e. The molecule has 1 unspecified atom stereocenters. The van der Waals surface area contributed by atoms with Crippen molar-refractivity contribution in [3.8, 4) is 0 Å². The molecule has 116 valence electrons. The van der Waals surface area contributed by atoms with Crippen LogP contribution in [0.3, 0.4) is 0 Å². The quantitative estimate of drug-likeness (QED) is 0.904. The highest BCUT2D eigenvalue weighted by Gasteiger charge is 2.20. The van der Waals surface area contributed by atoms with Gasteiger partial charge in [-0.15, -0.1) is 5.10 Å². The summed E-state index contributed by atoms with van der Waals surface area (Å²) in [7, 11) is 0. The Morgan fingerprint density at radius 1 is 1.36 bits per heavy atom. The first-order chi connectivity index (χ1) is 10.7. The minimum absolute atomic E-state index is 0.177. The van der Waals surface area contributed by atoms with Crippen molar-refractivity contribution in [3.63, 3.8) is 0 Å². The number of nitrogens with one attached hydrogen (secondary N) is 1. The Kier molecular flexibility index (Phi) is 5.00. The molecule has 0 bridgehead atoms. The molecule has 6 heteroatoms. The molecule has 0 saturated carbocycles.